The van der Waals surface area contributed by atoms with Crippen LogP contribution in [0, 0.1) is 0 Å². The van der Waals surface area contributed by atoms with Gasteiger partial charge in [0.2, 0.25) is 5.78 Å². The molecule has 0 saturated heterocycles. The first kappa shape index (κ1) is 15.4. The molecule has 4 aromatic rings. The predicted molar refractivity (Wildman–Crippen MR) is 101 cm³/mol. The molecule has 5 rings (SSSR count). The lowest BCUT2D eigenvalue weighted by Crippen LogP contribution is -2.10. The minimum absolute atomic E-state index is 0.0668. The summed E-state index contributed by atoms with van der Waals surface area (Å²) in [5, 5.41) is 2.05. The van der Waals surface area contributed by atoms with E-state index < -0.39 is 0 Å². The van der Waals surface area contributed by atoms with Gasteiger partial charge in [0, 0.05) is 11.1 Å². The summed E-state index contributed by atoms with van der Waals surface area (Å²) in [6.07, 6.45) is 3.59. The van der Waals surface area contributed by atoms with Gasteiger partial charge in [-0.15, -0.1) is 11.3 Å². The Kier molecular flexibility index (Phi) is 3.44. The Morgan fingerprint density at radius 3 is 3.08 bits per heavy atom. The molecule has 7 heteroatoms. The van der Waals surface area contributed by atoms with Crippen molar-refractivity contribution in [2.45, 2.75) is 6.04 Å². The Balaban J connectivity index is 1.76. The van der Waals surface area contributed by atoms with E-state index in [2.05, 4.69) is 16.4 Å². The van der Waals surface area contributed by atoms with Gasteiger partial charge in [0.1, 0.15) is 12.4 Å². The molecule has 130 valence electrons. The smallest absolute Gasteiger partial charge is 0.235 e. The number of benzene rings is 1. The number of ether oxygens (including phenoxy) is 2. The van der Waals surface area contributed by atoms with Gasteiger partial charge in [0.15, 0.2) is 5.75 Å². The second-order valence-electron chi connectivity index (χ2n) is 6.12. The Hall–Kier alpha value is -2.90. The molecule has 0 saturated carbocycles. The van der Waals surface area contributed by atoms with Crippen molar-refractivity contribution in [3.05, 3.63) is 53.7 Å². The Bertz CT molecular complexity index is 1100. The maximum absolute atomic E-state index is 6.07. The van der Waals surface area contributed by atoms with Crippen molar-refractivity contribution in [1.29, 1.82) is 0 Å². The van der Waals surface area contributed by atoms with Crippen LogP contribution in [0.25, 0.3) is 27.6 Å². The zero-order chi connectivity index (χ0) is 17.7. The molecule has 2 N–H and O–H groups in total. The highest BCUT2D eigenvalue weighted by Gasteiger charge is 2.23. The summed E-state index contributed by atoms with van der Waals surface area (Å²) in [5.74, 6) is 2.14. The van der Waals surface area contributed by atoms with Crippen molar-refractivity contribution >= 4 is 17.1 Å². The van der Waals surface area contributed by atoms with Crippen LogP contribution in [-0.4, -0.2) is 28.1 Å². The number of aromatic nitrogens is 3. The van der Waals surface area contributed by atoms with Crippen LogP contribution >= 0.6 is 11.3 Å². The van der Waals surface area contributed by atoms with Gasteiger partial charge >= 0.3 is 0 Å². The molecule has 0 radical (unpaired) electrons. The molecule has 1 aliphatic rings. The van der Waals surface area contributed by atoms with Gasteiger partial charge in [-0.25, -0.2) is 9.97 Å². The number of hydrogen-bond acceptors (Lipinski definition) is 6. The third-order valence-electron chi connectivity index (χ3n) is 4.55. The van der Waals surface area contributed by atoms with Crippen LogP contribution in [0.5, 0.6) is 11.5 Å². The van der Waals surface area contributed by atoms with Crippen LogP contribution in [0.3, 0.4) is 0 Å². The van der Waals surface area contributed by atoms with Gasteiger partial charge in [0.05, 0.1) is 41.8 Å². The van der Waals surface area contributed by atoms with Crippen molar-refractivity contribution in [2.75, 3.05) is 13.7 Å². The number of rotatable bonds is 3. The number of nitrogens with two attached hydrogens (primary N) is 1. The molecular formula is C19H16N4O2S. The van der Waals surface area contributed by atoms with Crippen molar-refractivity contribution < 1.29 is 9.47 Å². The monoisotopic (exact) mass is 364 g/mol. The first-order valence-electron chi connectivity index (χ1n) is 8.23. The van der Waals surface area contributed by atoms with E-state index >= 15 is 0 Å². The van der Waals surface area contributed by atoms with E-state index in [0.717, 1.165) is 33.1 Å². The number of hydrogen-bond donors (Lipinski definition) is 1. The summed E-state index contributed by atoms with van der Waals surface area (Å²) < 4.78 is 13.0. The maximum atomic E-state index is 6.07. The van der Waals surface area contributed by atoms with Crippen molar-refractivity contribution in [2.24, 2.45) is 5.73 Å². The Labute approximate surface area is 153 Å². The van der Waals surface area contributed by atoms with Crippen LogP contribution in [0.4, 0.5) is 0 Å². The second-order valence-corrected chi connectivity index (χ2v) is 7.07. The molecule has 6 nitrogen and oxygen atoms in total. The lowest BCUT2D eigenvalue weighted by Gasteiger charge is -2.06. The molecule has 0 amide bonds. The molecule has 0 spiro atoms. The maximum Gasteiger partial charge on any atom is 0.235 e. The van der Waals surface area contributed by atoms with Crippen LogP contribution in [-0.2, 0) is 0 Å². The molecule has 0 unspecified atom stereocenters. The van der Waals surface area contributed by atoms with Gasteiger partial charge in [-0.1, -0.05) is 18.2 Å². The Morgan fingerprint density at radius 2 is 2.27 bits per heavy atom. The topological polar surface area (TPSA) is 74.7 Å². The summed E-state index contributed by atoms with van der Waals surface area (Å²) in [7, 11) is 1.63. The lowest BCUT2D eigenvalue weighted by atomic mass is 10.0. The molecule has 0 aliphatic carbocycles. The minimum Gasteiger partial charge on any atom is -0.494 e. The van der Waals surface area contributed by atoms with E-state index in [1.807, 2.05) is 34.9 Å². The van der Waals surface area contributed by atoms with Gasteiger partial charge in [-0.05, 0) is 17.5 Å². The first-order chi connectivity index (χ1) is 12.7. The van der Waals surface area contributed by atoms with Crippen molar-refractivity contribution in [3.63, 3.8) is 0 Å². The van der Waals surface area contributed by atoms with Crippen LogP contribution in [0.1, 0.15) is 11.6 Å². The number of methoxy groups -OCH3 is 1. The van der Waals surface area contributed by atoms with Gasteiger partial charge in [0.25, 0.3) is 0 Å². The minimum atomic E-state index is -0.0668. The molecule has 1 atom stereocenters. The molecule has 4 heterocycles. The SMILES string of the molecule is COc1cnc2nc(-c3ccc4c(c3)OC[C@@H]4N)c(-c3cccs3)n2c1. The highest BCUT2D eigenvalue weighted by molar-refractivity contribution is 7.13. The summed E-state index contributed by atoms with van der Waals surface area (Å²) in [4.78, 5) is 10.3. The number of imidazole rings is 1. The molecular weight excluding hydrogens is 348 g/mol. The quantitative estimate of drug-likeness (QED) is 0.602. The third kappa shape index (κ3) is 2.28. The molecule has 0 fully saturated rings. The fourth-order valence-electron chi connectivity index (χ4n) is 3.25. The summed E-state index contributed by atoms with van der Waals surface area (Å²) in [6, 6.07) is 10.1. The Morgan fingerprint density at radius 1 is 1.35 bits per heavy atom. The van der Waals surface area contributed by atoms with Crippen LogP contribution < -0.4 is 15.2 Å². The van der Waals surface area contributed by atoms with E-state index in [9.17, 15) is 0 Å². The standard InChI is InChI=1S/C19H16N4O2S/c1-24-12-8-21-19-22-17(18(23(19)9-12)16-3-2-6-26-16)11-4-5-13-14(20)10-25-15(13)7-11/h2-9,14H,10,20H2,1H3/t14-/m0/s1. The normalized spacial score (nSPS) is 15.8. The van der Waals surface area contributed by atoms with Gasteiger partial charge in [-0.2, -0.15) is 0 Å². The molecule has 3 aromatic heterocycles. The average Bonchev–Trinajstić information content (AvgIpc) is 3.39. The average molecular weight is 364 g/mol. The zero-order valence-corrected chi connectivity index (χ0v) is 14.9. The van der Waals surface area contributed by atoms with E-state index in [1.165, 1.54) is 0 Å². The first-order valence-corrected chi connectivity index (χ1v) is 9.11. The van der Waals surface area contributed by atoms with Crippen LogP contribution in [0.15, 0.2) is 48.1 Å². The fraction of sp³-hybridized carbons (Fsp3) is 0.158. The van der Waals surface area contributed by atoms with E-state index in [1.54, 1.807) is 24.6 Å². The van der Waals surface area contributed by atoms with E-state index in [4.69, 9.17) is 20.2 Å². The highest BCUT2D eigenvalue weighted by Crippen LogP contribution is 2.39. The number of nitrogens with zero attached hydrogens (tertiary/aromatic N) is 3. The molecule has 1 aliphatic heterocycles. The van der Waals surface area contributed by atoms with Crippen molar-refractivity contribution in [3.8, 4) is 33.3 Å². The zero-order valence-electron chi connectivity index (χ0n) is 14.0. The van der Waals surface area contributed by atoms with Gasteiger partial charge in [-0.3, -0.25) is 4.40 Å². The lowest BCUT2D eigenvalue weighted by molar-refractivity contribution is 0.333. The predicted octanol–water partition coefficient (Wildman–Crippen LogP) is 3.53. The van der Waals surface area contributed by atoms with Crippen molar-refractivity contribution in [1.82, 2.24) is 14.4 Å². The third-order valence-corrected chi connectivity index (χ3v) is 5.43. The number of fused-ring (bicyclic) bond motifs is 2. The number of thiophene rings is 1. The van der Waals surface area contributed by atoms with Crippen LogP contribution in [0.2, 0.25) is 0 Å². The summed E-state index contributed by atoms with van der Waals surface area (Å²) in [5.41, 5.74) is 9.93. The fourth-order valence-corrected chi connectivity index (χ4v) is 4.02. The largest absolute Gasteiger partial charge is 0.494 e. The van der Waals surface area contributed by atoms with E-state index in [0.29, 0.717) is 18.1 Å². The molecule has 26 heavy (non-hydrogen) atoms. The summed E-state index contributed by atoms with van der Waals surface area (Å²) in [6.45, 7) is 0.514. The second kappa shape index (κ2) is 5.82. The summed E-state index contributed by atoms with van der Waals surface area (Å²) >= 11 is 1.66. The van der Waals surface area contributed by atoms with E-state index in [-0.39, 0.29) is 6.04 Å². The molecule has 0 bridgehead atoms. The molecule has 1 aromatic carbocycles. The van der Waals surface area contributed by atoms with Gasteiger partial charge < -0.3 is 15.2 Å². The highest BCUT2D eigenvalue weighted by atomic mass is 32.1.